The average Bonchev–Trinajstić information content (AvgIpc) is 3.04. The summed E-state index contributed by atoms with van der Waals surface area (Å²) in [5, 5.41) is 6.36. The fraction of sp³-hybridized carbons (Fsp3) is 0.571. The molecular weight excluding hydrogens is 322 g/mol. The summed E-state index contributed by atoms with van der Waals surface area (Å²) in [4.78, 5) is 15.7. The van der Waals surface area contributed by atoms with Gasteiger partial charge in [0.1, 0.15) is 5.76 Å². The van der Waals surface area contributed by atoms with E-state index in [1.807, 2.05) is 6.20 Å². The zero-order chi connectivity index (χ0) is 16.1. The van der Waals surface area contributed by atoms with Crippen LogP contribution in [0.1, 0.15) is 27.7 Å². The predicted molar refractivity (Wildman–Crippen MR) is 89.0 cm³/mol. The Hall–Kier alpha value is -1.41. The monoisotopic (exact) mass is 343 g/mol. The van der Waals surface area contributed by atoms with Crippen molar-refractivity contribution in [1.82, 2.24) is 10.3 Å². The molecule has 1 unspecified atom stereocenters. The fourth-order valence-electron chi connectivity index (χ4n) is 1.66. The minimum absolute atomic E-state index is 0.0215. The first-order valence-corrected chi connectivity index (χ1v) is 8.93. The molecule has 0 spiro atoms. The van der Waals surface area contributed by atoms with E-state index >= 15 is 0 Å². The van der Waals surface area contributed by atoms with Crippen molar-refractivity contribution < 1.29 is 14.3 Å². The van der Waals surface area contributed by atoms with Crippen LogP contribution in [-0.4, -0.2) is 29.2 Å². The molecule has 1 atom stereocenters. The van der Waals surface area contributed by atoms with Crippen LogP contribution in [0.2, 0.25) is 0 Å². The van der Waals surface area contributed by atoms with Gasteiger partial charge in [0.2, 0.25) is 0 Å². The Balaban J connectivity index is 1.75. The van der Waals surface area contributed by atoms with Crippen LogP contribution in [-0.2, 0) is 9.47 Å². The van der Waals surface area contributed by atoms with Crippen LogP contribution in [0, 0.1) is 5.92 Å². The molecule has 122 valence electrons. The largest absolute Gasteiger partial charge is 0.472 e. The molecule has 0 radical (unpaired) electrons. The van der Waals surface area contributed by atoms with E-state index in [4.69, 9.17) is 9.47 Å². The van der Waals surface area contributed by atoms with Gasteiger partial charge < -0.3 is 14.8 Å². The number of thioether (sulfide) groups is 1. The number of carbonyl (C=O) groups excluding carboxylic acids is 1. The van der Waals surface area contributed by atoms with Gasteiger partial charge in [-0.1, -0.05) is 25.2 Å². The molecule has 2 heterocycles. The number of anilines is 1. The molecule has 0 aromatic carbocycles. The zero-order valence-corrected chi connectivity index (χ0v) is 14.7. The molecule has 2 N–H and O–H groups in total. The topological polar surface area (TPSA) is 72.5 Å². The lowest BCUT2D eigenvalue weighted by atomic mass is 10.2. The fourth-order valence-corrected chi connectivity index (χ4v) is 3.48. The number of hydrogen-bond donors (Lipinski definition) is 2. The minimum Gasteiger partial charge on any atom is -0.472 e. The van der Waals surface area contributed by atoms with E-state index in [1.165, 1.54) is 11.3 Å². The molecule has 8 heteroatoms. The highest BCUT2D eigenvalue weighted by atomic mass is 32.2. The summed E-state index contributed by atoms with van der Waals surface area (Å²) in [6, 6.07) is 0. The second-order valence-corrected chi connectivity index (χ2v) is 7.70. The van der Waals surface area contributed by atoms with Gasteiger partial charge in [-0.05, 0) is 13.8 Å². The third-order valence-electron chi connectivity index (χ3n) is 2.67. The maximum absolute atomic E-state index is 11.5. The van der Waals surface area contributed by atoms with Gasteiger partial charge in [-0.2, -0.15) is 0 Å². The van der Waals surface area contributed by atoms with E-state index < -0.39 is 6.09 Å². The highest BCUT2D eigenvalue weighted by molar-refractivity contribution is 8.01. The number of allylic oxidation sites excluding steroid dienone is 1. The number of ether oxygens (including phenoxy) is 2. The third kappa shape index (κ3) is 5.10. The second kappa shape index (κ2) is 7.73. The lowest BCUT2D eigenvalue weighted by Gasteiger charge is -2.13. The number of aromatic nitrogens is 1. The first-order valence-electron chi connectivity index (χ1n) is 7.13. The molecule has 0 aliphatic carbocycles. The van der Waals surface area contributed by atoms with E-state index in [0.717, 1.165) is 15.7 Å². The predicted octanol–water partition coefficient (Wildman–Crippen LogP) is 3.64. The quantitative estimate of drug-likeness (QED) is 0.769. The van der Waals surface area contributed by atoms with Gasteiger partial charge in [0.25, 0.3) is 0 Å². The van der Waals surface area contributed by atoms with Gasteiger partial charge in [0.15, 0.2) is 11.4 Å². The van der Waals surface area contributed by atoms with E-state index in [1.54, 1.807) is 31.8 Å². The molecule has 6 nitrogen and oxygen atoms in total. The highest BCUT2D eigenvalue weighted by Gasteiger charge is 2.20. The molecule has 1 aromatic heterocycles. The molecule has 2 rings (SSSR count). The maximum atomic E-state index is 11.5. The molecule has 0 fully saturated rings. The summed E-state index contributed by atoms with van der Waals surface area (Å²) in [6.45, 7) is 7.80. The molecule has 22 heavy (non-hydrogen) atoms. The smallest absolute Gasteiger partial charge is 0.413 e. The lowest BCUT2D eigenvalue weighted by Crippen LogP contribution is -2.23. The van der Waals surface area contributed by atoms with Crippen LogP contribution in [0.5, 0.6) is 0 Å². The number of hydrogen-bond acceptors (Lipinski definition) is 7. The normalized spacial score (nSPS) is 17.2. The highest BCUT2D eigenvalue weighted by Crippen LogP contribution is 2.30. The average molecular weight is 343 g/mol. The zero-order valence-electron chi connectivity index (χ0n) is 13.1. The van der Waals surface area contributed by atoms with Crippen molar-refractivity contribution in [1.29, 1.82) is 0 Å². The van der Waals surface area contributed by atoms with Crippen LogP contribution in [0.4, 0.5) is 9.93 Å². The van der Waals surface area contributed by atoms with Gasteiger partial charge in [-0.15, -0.1) is 11.8 Å². The Kier molecular flexibility index (Phi) is 5.96. The van der Waals surface area contributed by atoms with E-state index in [0.29, 0.717) is 11.0 Å². The standard InChI is InChI=1S/C14H21N3O3S2/c1-8(2)10-5-15-11(20-10)7-21-12-6-16-13(22-12)17-14(18)19-9(3)4/h5-6,8-9,11,15H,7H2,1-4H3,(H,16,17,18). The van der Waals surface area contributed by atoms with Crippen molar-refractivity contribution in [3.8, 4) is 0 Å². The molecular formula is C14H21N3O3S2. The Labute approximate surface area is 138 Å². The van der Waals surface area contributed by atoms with Crippen LogP contribution in [0.3, 0.4) is 0 Å². The molecule has 0 saturated carbocycles. The number of rotatable bonds is 6. The number of carbonyl (C=O) groups is 1. The summed E-state index contributed by atoms with van der Waals surface area (Å²) in [7, 11) is 0. The Morgan fingerprint density at radius 2 is 2.32 bits per heavy atom. The van der Waals surface area contributed by atoms with Crippen molar-refractivity contribution in [2.24, 2.45) is 5.92 Å². The molecule has 1 aliphatic heterocycles. The van der Waals surface area contributed by atoms with Crippen LogP contribution >= 0.6 is 23.1 Å². The number of amides is 1. The Morgan fingerprint density at radius 3 is 2.95 bits per heavy atom. The van der Waals surface area contributed by atoms with Crippen molar-refractivity contribution in [2.45, 2.75) is 44.2 Å². The van der Waals surface area contributed by atoms with Gasteiger partial charge >= 0.3 is 6.09 Å². The number of nitrogens with one attached hydrogen (secondary N) is 2. The first kappa shape index (κ1) is 17.0. The summed E-state index contributed by atoms with van der Waals surface area (Å²) in [6.07, 6.45) is 3.02. The second-order valence-electron chi connectivity index (χ2n) is 5.35. The SMILES string of the molecule is CC(C)OC(=O)Nc1ncc(SCC2NC=C(C(C)C)O2)s1. The van der Waals surface area contributed by atoms with Gasteiger partial charge in [-0.25, -0.2) is 9.78 Å². The number of nitrogens with zero attached hydrogens (tertiary/aromatic N) is 1. The number of thiazole rings is 1. The molecule has 0 bridgehead atoms. The minimum atomic E-state index is -0.479. The van der Waals surface area contributed by atoms with Gasteiger partial charge in [0.05, 0.1) is 22.3 Å². The summed E-state index contributed by atoms with van der Waals surface area (Å²) < 4.78 is 11.8. The van der Waals surface area contributed by atoms with Crippen molar-refractivity contribution >= 4 is 34.3 Å². The van der Waals surface area contributed by atoms with E-state index in [9.17, 15) is 4.79 Å². The maximum Gasteiger partial charge on any atom is 0.413 e. The van der Waals surface area contributed by atoms with Crippen molar-refractivity contribution in [3.63, 3.8) is 0 Å². The molecule has 0 saturated heterocycles. The molecule has 1 amide bonds. The summed E-state index contributed by atoms with van der Waals surface area (Å²) in [5.74, 6) is 2.13. The first-order chi connectivity index (χ1) is 10.4. The van der Waals surface area contributed by atoms with E-state index in [2.05, 4.69) is 29.5 Å². The molecule has 1 aliphatic rings. The van der Waals surface area contributed by atoms with Crippen LogP contribution in [0.15, 0.2) is 22.4 Å². The Morgan fingerprint density at radius 1 is 1.55 bits per heavy atom. The van der Waals surface area contributed by atoms with Crippen molar-refractivity contribution in [2.75, 3.05) is 11.1 Å². The summed E-state index contributed by atoms with van der Waals surface area (Å²) in [5.41, 5.74) is 0. The van der Waals surface area contributed by atoms with Crippen molar-refractivity contribution in [3.05, 3.63) is 18.2 Å². The Bertz CT molecular complexity index is 543. The van der Waals surface area contributed by atoms with Gasteiger partial charge in [-0.3, -0.25) is 5.32 Å². The third-order valence-corrected chi connectivity index (χ3v) is 4.84. The molecule has 1 aromatic rings. The van der Waals surface area contributed by atoms with Gasteiger partial charge in [0, 0.05) is 12.1 Å². The van der Waals surface area contributed by atoms with Crippen LogP contribution < -0.4 is 10.6 Å². The lowest BCUT2D eigenvalue weighted by molar-refractivity contribution is 0.129. The van der Waals surface area contributed by atoms with E-state index in [-0.39, 0.29) is 12.3 Å². The van der Waals surface area contributed by atoms with Crippen LogP contribution in [0.25, 0.3) is 0 Å². The summed E-state index contributed by atoms with van der Waals surface area (Å²) >= 11 is 3.05.